The van der Waals surface area contributed by atoms with E-state index in [1.807, 2.05) is 12.1 Å². The molecule has 1 atom stereocenters. The van der Waals surface area contributed by atoms with Gasteiger partial charge in [0, 0.05) is 4.83 Å². The summed E-state index contributed by atoms with van der Waals surface area (Å²) < 4.78 is 5.13. The molecular weight excluding hydrogens is 252 g/mol. The molecular formula is C13H19BrO. The zero-order valence-electron chi connectivity index (χ0n) is 9.50. The summed E-state index contributed by atoms with van der Waals surface area (Å²) in [6.45, 7) is 2.23. The summed E-state index contributed by atoms with van der Waals surface area (Å²) in [4.78, 5) is 0.481. The lowest BCUT2D eigenvalue weighted by molar-refractivity contribution is 0.414. The van der Waals surface area contributed by atoms with Crippen molar-refractivity contribution in [1.29, 1.82) is 0 Å². The first-order chi connectivity index (χ1) is 7.27. The minimum absolute atomic E-state index is 0.481. The van der Waals surface area contributed by atoms with Crippen molar-refractivity contribution < 1.29 is 4.74 Å². The third-order valence-corrected chi connectivity index (χ3v) is 3.53. The van der Waals surface area contributed by atoms with Gasteiger partial charge in [0.2, 0.25) is 0 Å². The quantitative estimate of drug-likeness (QED) is 0.537. The van der Waals surface area contributed by atoms with Crippen molar-refractivity contribution in [3.05, 3.63) is 29.8 Å². The van der Waals surface area contributed by atoms with Gasteiger partial charge in [-0.1, -0.05) is 54.2 Å². The molecule has 1 nitrogen and oxygen atoms in total. The molecule has 1 aromatic rings. The fourth-order valence-electron chi connectivity index (χ4n) is 1.55. The fourth-order valence-corrected chi connectivity index (χ4v) is 2.18. The number of hydrogen-bond donors (Lipinski definition) is 0. The largest absolute Gasteiger partial charge is 0.497 e. The van der Waals surface area contributed by atoms with Crippen molar-refractivity contribution in [3.8, 4) is 5.75 Å². The average Bonchev–Trinajstić information content (AvgIpc) is 2.29. The summed E-state index contributed by atoms with van der Waals surface area (Å²) >= 11 is 3.72. The Kier molecular flexibility index (Phi) is 5.77. The van der Waals surface area contributed by atoms with Gasteiger partial charge in [0.25, 0.3) is 0 Å². The second-order valence-corrected chi connectivity index (χ2v) is 4.84. The molecule has 84 valence electrons. The van der Waals surface area contributed by atoms with Gasteiger partial charge in [0.1, 0.15) is 5.75 Å². The standard InChI is InChI=1S/C13H19BrO/c1-3-4-5-6-13(14)11-7-9-12(15-2)10-8-11/h7-10,13H,3-6H2,1-2H3. The van der Waals surface area contributed by atoms with E-state index in [2.05, 4.69) is 35.0 Å². The van der Waals surface area contributed by atoms with E-state index >= 15 is 0 Å². The van der Waals surface area contributed by atoms with Gasteiger partial charge >= 0.3 is 0 Å². The Labute approximate surface area is 101 Å². The smallest absolute Gasteiger partial charge is 0.118 e. The van der Waals surface area contributed by atoms with E-state index in [0.717, 1.165) is 5.75 Å². The average molecular weight is 271 g/mol. The Bertz CT molecular complexity index is 268. The molecule has 1 aromatic carbocycles. The summed E-state index contributed by atoms with van der Waals surface area (Å²) in [7, 11) is 1.70. The maximum Gasteiger partial charge on any atom is 0.118 e. The summed E-state index contributed by atoms with van der Waals surface area (Å²) in [5, 5.41) is 0. The number of rotatable bonds is 6. The summed E-state index contributed by atoms with van der Waals surface area (Å²) in [5.74, 6) is 0.923. The van der Waals surface area contributed by atoms with Gasteiger partial charge in [0.05, 0.1) is 7.11 Å². The van der Waals surface area contributed by atoms with E-state index in [-0.39, 0.29) is 0 Å². The summed E-state index contributed by atoms with van der Waals surface area (Å²) in [6.07, 6.45) is 5.10. The van der Waals surface area contributed by atoms with E-state index in [4.69, 9.17) is 4.74 Å². The van der Waals surface area contributed by atoms with Gasteiger partial charge in [0.15, 0.2) is 0 Å². The first-order valence-corrected chi connectivity index (χ1v) is 6.47. The SMILES string of the molecule is CCCCCC(Br)c1ccc(OC)cc1. The number of unbranched alkanes of at least 4 members (excludes halogenated alkanes) is 2. The molecule has 0 aliphatic carbocycles. The molecule has 0 aliphatic rings. The Balaban J connectivity index is 2.46. The molecule has 0 amide bonds. The van der Waals surface area contributed by atoms with Crippen molar-refractivity contribution in [2.24, 2.45) is 0 Å². The highest BCUT2D eigenvalue weighted by Crippen LogP contribution is 2.29. The van der Waals surface area contributed by atoms with Gasteiger partial charge in [-0.2, -0.15) is 0 Å². The lowest BCUT2D eigenvalue weighted by Gasteiger charge is -2.10. The molecule has 15 heavy (non-hydrogen) atoms. The van der Waals surface area contributed by atoms with Crippen LogP contribution >= 0.6 is 15.9 Å². The second kappa shape index (κ2) is 6.89. The highest BCUT2D eigenvalue weighted by Gasteiger charge is 2.06. The molecule has 0 bridgehead atoms. The van der Waals surface area contributed by atoms with Gasteiger partial charge < -0.3 is 4.74 Å². The first kappa shape index (κ1) is 12.6. The van der Waals surface area contributed by atoms with Crippen LogP contribution < -0.4 is 4.74 Å². The fraction of sp³-hybridized carbons (Fsp3) is 0.538. The normalized spacial score (nSPS) is 12.5. The summed E-state index contributed by atoms with van der Waals surface area (Å²) in [6, 6.07) is 8.29. The molecule has 0 aromatic heterocycles. The van der Waals surface area contributed by atoms with Crippen LogP contribution in [-0.4, -0.2) is 7.11 Å². The van der Waals surface area contributed by atoms with E-state index in [1.54, 1.807) is 7.11 Å². The zero-order valence-corrected chi connectivity index (χ0v) is 11.1. The van der Waals surface area contributed by atoms with Crippen molar-refractivity contribution >= 4 is 15.9 Å². The predicted octanol–water partition coefficient (Wildman–Crippen LogP) is 4.71. The van der Waals surface area contributed by atoms with Crippen molar-refractivity contribution in [1.82, 2.24) is 0 Å². The third-order valence-electron chi connectivity index (χ3n) is 2.54. The van der Waals surface area contributed by atoms with Crippen molar-refractivity contribution in [2.75, 3.05) is 7.11 Å². The van der Waals surface area contributed by atoms with E-state index in [0.29, 0.717) is 4.83 Å². The maximum atomic E-state index is 5.13. The predicted molar refractivity (Wildman–Crippen MR) is 68.8 cm³/mol. The van der Waals surface area contributed by atoms with Crippen LogP contribution in [0.4, 0.5) is 0 Å². The molecule has 0 fully saturated rings. The van der Waals surface area contributed by atoms with Crippen molar-refractivity contribution in [2.45, 2.75) is 37.4 Å². The van der Waals surface area contributed by atoms with Crippen LogP contribution in [0.2, 0.25) is 0 Å². The molecule has 0 N–H and O–H groups in total. The van der Waals surface area contributed by atoms with Gasteiger partial charge in [-0.05, 0) is 24.1 Å². The van der Waals surface area contributed by atoms with Gasteiger partial charge in [-0.15, -0.1) is 0 Å². The topological polar surface area (TPSA) is 9.23 Å². The monoisotopic (exact) mass is 270 g/mol. The van der Waals surface area contributed by atoms with Crippen molar-refractivity contribution in [3.63, 3.8) is 0 Å². The molecule has 0 radical (unpaired) electrons. The van der Waals surface area contributed by atoms with Crippen LogP contribution in [0, 0.1) is 0 Å². The lowest BCUT2D eigenvalue weighted by Crippen LogP contribution is -1.91. The second-order valence-electron chi connectivity index (χ2n) is 3.74. The highest BCUT2D eigenvalue weighted by atomic mass is 79.9. The molecule has 1 rings (SSSR count). The van der Waals surface area contributed by atoms with Crippen LogP contribution in [0.15, 0.2) is 24.3 Å². The maximum absolute atomic E-state index is 5.13. The minimum Gasteiger partial charge on any atom is -0.497 e. The molecule has 0 spiro atoms. The van der Waals surface area contributed by atoms with E-state index in [9.17, 15) is 0 Å². The Morgan fingerprint density at radius 1 is 1.20 bits per heavy atom. The molecule has 0 saturated heterocycles. The van der Waals surface area contributed by atoms with Gasteiger partial charge in [-0.3, -0.25) is 0 Å². The van der Waals surface area contributed by atoms with E-state index < -0.39 is 0 Å². The Hall–Kier alpha value is -0.500. The highest BCUT2D eigenvalue weighted by molar-refractivity contribution is 9.09. The number of alkyl halides is 1. The van der Waals surface area contributed by atoms with Crippen LogP contribution in [0.25, 0.3) is 0 Å². The molecule has 0 saturated carbocycles. The first-order valence-electron chi connectivity index (χ1n) is 5.56. The third kappa shape index (κ3) is 4.25. The Morgan fingerprint density at radius 2 is 1.87 bits per heavy atom. The molecule has 1 unspecified atom stereocenters. The zero-order chi connectivity index (χ0) is 11.1. The summed E-state index contributed by atoms with van der Waals surface area (Å²) in [5.41, 5.74) is 1.34. The molecule has 0 aliphatic heterocycles. The number of halogens is 1. The molecule has 2 heteroatoms. The number of benzene rings is 1. The van der Waals surface area contributed by atoms with E-state index in [1.165, 1.54) is 31.2 Å². The lowest BCUT2D eigenvalue weighted by atomic mass is 10.1. The number of methoxy groups -OCH3 is 1. The Morgan fingerprint density at radius 3 is 2.40 bits per heavy atom. The van der Waals surface area contributed by atoms with Crippen LogP contribution in [-0.2, 0) is 0 Å². The number of ether oxygens (including phenoxy) is 1. The number of hydrogen-bond acceptors (Lipinski definition) is 1. The van der Waals surface area contributed by atoms with Crippen LogP contribution in [0.3, 0.4) is 0 Å². The van der Waals surface area contributed by atoms with Crippen LogP contribution in [0.5, 0.6) is 5.75 Å². The van der Waals surface area contributed by atoms with Crippen LogP contribution in [0.1, 0.15) is 43.0 Å². The molecule has 0 heterocycles. The van der Waals surface area contributed by atoms with Gasteiger partial charge in [-0.25, -0.2) is 0 Å². The minimum atomic E-state index is 0.481.